The fourth-order valence-electron chi connectivity index (χ4n) is 7.76. The van der Waals surface area contributed by atoms with Crippen molar-refractivity contribution in [2.24, 2.45) is 23.5 Å². The molecule has 13 heteroatoms. The van der Waals surface area contributed by atoms with Crippen molar-refractivity contribution in [2.45, 2.75) is 50.7 Å². The minimum atomic E-state index is -2.72. The number of hydrogen-bond acceptors (Lipinski definition) is 11. The van der Waals surface area contributed by atoms with Crippen molar-refractivity contribution < 1.29 is 39.6 Å². The number of likely N-dealkylation sites (N-methyl/N-ethyl adjacent to an activating group) is 1. The van der Waals surface area contributed by atoms with Gasteiger partial charge in [0.2, 0.25) is 11.7 Å². The van der Waals surface area contributed by atoms with Crippen molar-refractivity contribution in [3.8, 4) is 5.75 Å². The standard InChI is InChI=1S/C32H43N5O8/c1-6-9-37-10-7-15(8-11-37)31(44)34-19-14-20(35(2)3)17-12-16-13-18-24(36(4)5)27(40)23(30(33)43)29(42)32(18,45)28(41)21(16)26(39)22(17)25(19)38/h14-16,18,24,38-39,42,45H,6-13H2,1-5H3,(H2,33,43)(H,34,44)/t16-,18-,24-,32-/m0/s1. The molecule has 4 aliphatic rings. The van der Waals surface area contributed by atoms with Crippen LogP contribution in [0.15, 0.2) is 23.0 Å². The Balaban J connectivity index is 1.59. The molecule has 0 aromatic heterocycles. The topological polar surface area (TPSA) is 197 Å². The number of Topliss-reactive ketones (excluding diaryl/α,β-unsaturated/α-hetero) is 2. The van der Waals surface area contributed by atoms with Crippen LogP contribution in [0.1, 0.15) is 43.7 Å². The van der Waals surface area contributed by atoms with E-state index < -0.39 is 63.8 Å². The van der Waals surface area contributed by atoms with E-state index in [4.69, 9.17) is 5.73 Å². The molecule has 45 heavy (non-hydrogen) atoms. The first-order chi connectivity index (χ1) is 21.1. The van der Waals surface area contributed by atoms with Gasteiger partial charge in [-0.3, -0.25) is 24.1 Å². The largest absolute Gasteiger partial charge is 0.508 e. The van der Waals surface area contributed by atoms with E-state index in [0.29, 0.717) is 24.1 Å². The monoisotopic (exact) mass is 625 g/mol. The van der Waals surface area contributed by atoms with Crippen molar-refractivity contribution in [2.75, 3.05) is 58.0 Å². The van der Waals surface area contributed by atoms with Crippen LogP contribution in [0.4, 0.5) is 11.4 Å². The van der Waals surface area contributed by atoms with Crippen molar-refractivity contribution in [3.05, 3.63) is 34.1 Å². The van der Waals surface area contributed by atoms with Gasteiger partial charge < -0.3 is 41.3 Å². The molecule has 7 N–H and O–H groups in total. The van der Waals surface area contributed by atoms with Crippen LogP contribution in [0.25, 0.3) is 5.76 Å². The average molecular weight is 626 g/mol. The summed E-state index contributed by atoms with van der Waals surface area (Å²) in [5.41, 5.74) is 2.70. The third-order valence-electron chi connectivity index (χ3n) is 9.94. The number of amides is 2. The number of nitrogens with one attached hydrogen (secondary N) is 1. The van der Waals surface area contributed by atoms with Crippen LogP contribution in [0.3, 0.4) is 0 Å². The highest BCUT2D eigenvalue weighted by Crippen LogP contribution is 2.54. The fraction of sp³-hybridized carbons (Fsp3) is 0.562. The second-order valence-electron chi connectivity index (χ2n) is 13.1. The van der Waals surface area contributed by atoms with Crippen LogP contribution in [0.5, 0.6) is 5.75 Å². The number of rotatable bonds is 7. The first-order valence-corrected chi connectivity index (χ1v) is 15.4. The zero-order valence-corrected chi connectivity index (χ0v) is 26.4. The first-order valence-electron chi connectivity index (χ1n) is 15.4. The molecule has 0 spiro atoms. The number of hydrogen-bond donors (Lipinski definition) is 6. The Hall–Kier alpha value is -3.94. The van der Waals surface area contributed by atoms with E-state index in [-0.39, 0.29) is 41.5 Å². The summed E-state index contributed by atoms with van der Waals surface area (Å²) in [6.45, 7) is 4.68. The zero-order chi connectivity index (χ0) is 33.1. The van der Waals surface area contributed by atoms with Crippen molar-refractivity contribution in [3.63, 3.8) is 0 Å². The zero-order valence-electron chi connectivity index (χ0n) is 26.4. The summed E-state index contributed by atoms with van der Waals surface area (Å²) in [5, 5.41) is 48.9. The lowest BCUT2D eigenvalue weighted by molar-refractivity contribution is -0.153. The maximum absolute atomic E-state index is 14.2. The van der Waals surface area contributed by atoms with E-state index in [2.05, 4.69) is 17.1 Å². The Bertz CT molecular complexity index is 1520. The van der Waals surface area contributed by atoms with E-state index >= 15 is 0 Å². The molecule has 1 aromatic rings. The number of primary amides is 1. The number of piperidine rings is 1. The summed E-state index contributed by atoms with van der Waals surface area (Å²) in [6.07, 6.45) is 2.52. The molecule has 1 saturated carbocycles. The van der Waals surface area contributed by atoms with Crippen LogP contribution >= 0.6 is 0 Å². The number of carbonyl (C=O) groups is 4. The Labute approximate surface area is 262 Å². The Kier molecular flexibility index (Phi) is 8.49. The van der Waals surface area contributed by atoms with Gasteiger partial charge in [-0.1, -0.05) is 6.92 Å². The molecule has 2 amide bonds. The van der Waals surface area contributed by atoms with Crippen molar-refractivity contribution >= 4 is 40.5 Å². The van der Waals surface area contributed by atoms with Gasteiger partial charge in [0, 0.05) is 37.2 Å². The van der Waals surface area contributed by atoms with Crippen LogP contribution < -0.4 is 16.0 Å². The van der Waals surface area contributed by atoms with Crippen LogP contribution in [-0.2, 0) is 25.6 Å². The lowest BCUT2D eigenvalue weighted by Gasteiger charge is -2.50. The quantitative estimate of drug-likeness (QED) is 0.187. The number of phenols is 1. The number of nitrogens with zero attached hydrogens (tertiary/aromatic N) is 3. The Morgan fingerprint density at radius 1 is 1.11 bits per heavy atom. The normalized spacial score (nSPS) is 27.3. The number of fused-ring (bicyclic) bond motifs is 3. The third-order valence-corrected chi connectivity index (χ3v) is 9.94. The summed E-state index contributed by atoms with van der Waals surface area (Å²) in [4.78, 5) is 58.5. The average Bonchev–Trinajstić information content (AvgIpc) is 2.96. The summed E-state index contributed by atoms with van der Waals surface area (Å²) < 4.78 is 0. The van der Waals surface area contributed by atoms with Gasteiger partial charge in [0.25, 0.3) is 5.91 Å². The number of aromatic hydroxyl groups is 1. The van der Waals surface area contributed by atoms with E-state index in [1.165, 1.54) is 4.90 Å². The lowest BCUT2D eigenvalue weighted by atomic mass is 9.57. The van der Waals surface area contributed by atoms with Gasteiger partial charge in [0.15, 0.2) is 11.4 Å². The first kappa shape index (κ1) is 32.5. The third kappa shape index (κ3) is 5.06. The second kappa shape index (κ2) is 11.8. The number of anilines is 2. The van der Waals surface area contributed by atoms with Gasteiger partial charge in [-0.25, -0.2) is 0 Å². The number of aliphatic hydroxyl groups excluding tert-OH is 2. The Morgan fingerprint density at radius 2 is 1.76 bits per heavy atom. The molecular formula is C32H43N5O8. The van der Waals surface area contributed by atoms with Gasteiger partial charge in [-0.05, 0) is 83.4 Å². The molecule has 2 fully saturated rings. The summed E-state index contributed by atoms with van der Waals surface area (Å²) in [5.74, 6) is -7.71. The molecule has 0 unspecified atom stereocenters. The van der Waals surface area contributed by atoms with Gasteiger partial charge in [0.05, 0.1) is 17.3 Å². The second-order valence-corrected chi connectivity index (χ2v) is 13.1. The highest BCUT2D eigenvalue weighted by molar-refractivity contribution is 6.24. The molecule has 1 saturated heterocycles. The molecule has 0 bridgehead atoms. The van der Waals surface area contributed by atoms with E-state index in [0.717, 1.165) is 26.1 Å². The number of phenolic OH excluding ortho intramolecular Hbond substituents is 1. The number of benzene rings is 1. The highest BCUT2D eigenvalue weighted by Gasteiger charge is 2.64. The number of likely N-dealkylation sites (tertiary alicyclic amines) is 1. The number of nitrogens with two attached hydrogens (primary N) is 1. The van der Waals surface area contributed by atoms with E-state index in [9.17, 15) is 39.6 Å². The van der Waals surface area contributed by atoms with Gasteiger partial charge in [-0.15, -0.1) is 0 Å². The van der Waals surface area contributed by atoms with Gasteiger partial charge in [0.1, 0.15) is 22.8 Å². The minimum absolute atomic E-state index is 0.00535. The van der Waals surface area contributed by atoms with Gasteiger partial charge >= 0.3 is 0 Å². The lowest BCUT2D eigenvalue weighted by Crippen LogP contribution is -2.65. The predicted molar refractivity (Wildman–Crippen MR) is 167 cm³/mol. The molecular weight excluding hydrogens is 582 g/mol. The molecule has 4 atom stereocenters. The van der Waals surface area contributed by atoms with E-state index in [1.54, 1.807) is 39.2 Å². The predicted octanol–water partition coefficient (Wildman–Crippen LogP) is 1.09. The van der Waals surface area contributed by atoms with Gasteiger partial charge in [-0.2, -0.15) is 0 Å². The molecule has 13 nitrogen and oxygen atoms in total. The SMILES string of the molecule is CCCN1CCC(C(=O)Nc2cc(N(C)C)c3c(c2O)C(O)=C2C(=O)[C@]4(O)C(O)=C(C(N)=O)C(=O)[C@@H](N(C)C)[C@@H]4C[C@@H]2C3)CC1. The minimum Gasteiger partial charge on any atom is -0.508 e. The summed E-state index contributed by atoms with van der Waals surface area (Å²) in [7, 11) is 6.66. The summed E-state index contributed by atoms with van der Waals surface area (Å²) >= 11 is 0. The molecule has 244 valence electrons. The number of carbonyl (C=O) groups excluding carboxylic acids is 4. The van der Waals surface area contributed by atoms with Crippen LogP contribution in [-0.4, -0.2) is 113 Å². The molecule has 1 aliphatic heterocycles. The molecule has 1 heterocycles. The number of ketones is 2. The van der Waals surface area contributed by atoms with E-state index in [1.807, 2.05) is 0 Å². The fourth-order valence-corrected chi connectivity index (χ4v) is 7.76. The maximum atomic E-state index is 14.2. The Morgan fingerprint density at radius 3 is 2.31 bits per heavy atom. The molecule has 3 aliphatic carbocycles. The molecule has 5 rings (SSSR count). The van der Waals surface area contributed by atoms with Crippen molar-refractivity contribution in [1.29, 1.82) is 0 Å². The summed E-state index contributed by atoms with van der Waals surface area (Å²) in [6, 6.07) is 0.480. The molecule has 1 aromatic carbocycles. The van der Waals surface area contributed by atoms with Crippen LogP contribution in [0.2, 0.25) is 0 Å². The highest BCUT2D eigenvalue weighted by atomic mass is 16.3. The maximum Gasteiger partial charge on any atom is 0.255 e. The molecule has 0 radical (unpaired) electrons. The van der Waals surface area contributed by atoms with Crippen molar-refractivity contribution in [1.82, 2.24) is 9.80 Å². The number of aliphatic hydroxyl groups is 3. The smallest absolute Gasteiger partial charge is 0.255 e. The van der Waals surface area contributed by atoms with Crippen LogP contribution in [0, 0.1) is 17.8 Å².